The fourth-order valence-electron chi connectivity index (χ4n) is 5.74. The van der Waals surface area contributed by atoms with Gasteiger partial charge in [-0.05, 0) is 38.0 Å². The summed E-state index contributed by atoms with van der Waals surface area (Å²) in [4.78, 5) is 55.0. The van der Waals surface area contributed by atoms with Crippen LogP contribution < -0.4 is 20.9 Å². The number of carbonyl (C=O) groups is 3. The molecule has 0 saturated heterocycles. The van der Waals surface area contributed by atoms with E-state index in [1.54, 1.807) is 25.2 Å². The maximum Gasteiger partial charge on any atom is 0.275 e. The van der Waals surface area contributed by atoms with Gasteiger partial charge in [-0.15, -0.1) is 10.2 Å². The van der Waals surface area contributed by atoms with Crippen LogP contribution in [0.4, 0.5) is 22.9 Å². The van der Waals surface area contributed by atoms with Crippen molar-refractivity contribution in [2.75, 3.05) is 35.4 Å². The number of pyridine rings is 1. The SMILES string of the molecule is [B]C([B])(O)NC(=O)c1nnc(NC(=O)C2CC2)cc1Nc1cccc2c1N(C)C(C)c1nc(C(=O)N(C)C([B])(O)c3cc(S(=O)(=O)CC)ccn3)cnc1-2. The van der Waals surface area contributed by atoms with Gasteiger partial charge in [0.2, 0.25) is 5.91 Å². The summed E-state index contributed by atoms with van der Waals surface area (Å²) >= 11 is 0. The summed E-state index contributed by atoms with van der Waals surface area (Å²) in [6.07, 6.45) is 3.91. The van der Waals surface area contributed by atoms with Gasteiger partial charge in [0.1, 0.15) is 27.0 Å². The van der Waals surface area contributed by atoms with Gasteiger partial charge in [0.25, 0.3) is 11.8 Å². The van der Waals surface area contributed by atoms with E-state index in [1.165, 1.54) is 38.5 Å². The van der Waals surface area contributed by atoms with Crippen molar-refractivity contribution in [3.8, 4) is 11.3 Å². The molecule has 6 rings (SSSR count). The van der Waals surface area contributed by atoms with Crippen LogP contribution in [0.15, 0.2) is 53.7 Å². The Labute approximate surface area is 314 Å². The van der Waals surface area contributed by atoms with Crippen molar-refractivity contribution < 1.29 is 33.0 Å². The van der Waals surface area contributed by atoms with Gasteiger partial charge < -0.3 is 36.0 Å². The third-order valence-corrected chi connectivity index (χ3v) is 10.8. The number of nitrogens with one attached hydrogen (secondary N) is 3. The summed E-state index contributed by atoms with van der Waals surface area (Å²) in [6.45, 7) is 3.30. The number of rotatable bonds is 11. The molecule has 21 heteroatoms. The molecule has 0 spiro atoms. The minimum absolute atomic E-state index is 0.0745. The van der Waals surface area contributed by atoms with E-state index in [4.69, 9.17) is 23.5 Å². The average Bonchev–Trinajstić information content (AvgIpc) is 3.98. The van der Waals surface area contributed by atoms with Gasteiger partial charge in [0, 0.05) is 43.4 Å². The van der Waals surface area contributed by atoms with E-state index in [-0.39, 0.29) is 51.1 Å². The molecule has 1 aromatic carbocycles. The highest BCUT2D eigenvalue weighted by Crippen LogP contribution is 2.47. The van der Waals surface area contributed by atoms with E-state index < -0.39 is 38.8 Å². The molecule has 54 heavy (non-hydrogen) atoms. The molecule has 2 aliphatic rings. The van der Waals surface area contributed by atoms with Gasteiger partial charge in [0.05, 0.1) is 57.0 Å². The van der Waals surface area contributed by atoms with Crippen molar-refractivity contribution in [1.29, 1.82) is 0 Å². The maximum atomic E-state index is 13.7. The molecule has 1 saturated carbocycles. The Morgan fingerprint density at radius 2 is 1.78 bits per heavy atom. The van der Waals surface area contributed by atoms with E-state index in [0.29, 0.717) is 28.3 Å². The van der Waals surface area contributed by atoms with Crippen molar-refractivity contribution in [3.05, 3.63) is 71.6 Å². The van der Waals surface area contributed by atoms with Crippen LogP contribution in [0.3, 0.4) is 0 Å². The number of aliphatic hydroxyl groups is 2. The summed E-state index contributed by atoms with van der Waals surface area (Å²) in [5.41, 5.74) is -3.18. The van der Waals surface area contributed by atoms with Gasteiger partial charge in [-0.1, -0.05) is 19.1 Å². The van der Waals surface area contributed by atoms with Crippen molar-refractivity contribution in [1.82, 2.24) is 35.4 Å². The number of nitrogens with zero attached hydrogens (tertiary/aromatic N) is 7. The first-order valence-corrected chi connectivity index (χ1v) is 18.3. The van der Waals surface area contributed by atoms with Crippen LogP contribution in [0.5, 0.6) is 0 Å². The number of anilines is 4. The molecule has 272 valence electrons. The van der Waals surface area contributed by atoms with Crippen molar-refractivity contribution in [2.45, 2.75) is 48.8 Å². The molecule has 4 heterocycles. The lowest BCUT2D eigenvalue weighted by atomic mass is 9.73. The first-order valence-electron chi connectivity index (χ1n) is 16.6. The van der Waals surface area contributed by atoms with E-state index in [2.05, 4.69) is 35.8 Å². The van der Waals surface area contributed by atoms with Crippen LogP contribution in [0.25, 0.3) is 11.3 Å². The second kappa shape index (κ2) is 14.1. The smallest absolute Gasteiger partial charge is 0.275 e. The zero-order valence-corrected chi connectivity index (χ0v) is 30.4. The van der Waals surface area contributed by atoms with Gasteiger partial charge in [0.15, 0.2) is 29.2 Å². The van der Waals surface area contributed by atoms with Gasteiger partial charge >= 0.3 is 0 Å². The first kappa shape index (κ1) is 38.3. The third kappa shape index (κ3) is 7.51. The number of amides is 3. The molecule has 1 fully saturated rings. The molecule has 3 aromatic heterocycles. The molecule has 4 aromatic rings. The number of hydrogen-bond donors (Lipinski definition) is 5. The maximum absolute atomic E-state index is 13.7. The van der Waals surface area contributed by atoms with Gasteiger partial charge in [-0.3, -0.25) is 24.4 Å². The van der Waals surface area contributed by atoms with Crippen LogP contribution >= 0.6 is 0 Å². The molecular weight excluding hydrogens is 713 g/mol. The predicted molar refractivity (Wildman–Crippen MR) is 199 cm³/mol. The minimum Gasteiger partial charge on any atom is -0.390 e. The summed E-state index contributed by atoms with van der Waals surface area (Å²) in [6, 6.07) is 8.54. The van der Waals surface area contributed by atoms with Crippen molar-refractivity contribution in [3.63, 3.8) is 0 Å². The summed E-state index contributed by atoms with van der Waals surface area (Å²) in [5.74, 6) is -2.26. The Morgan fingerprint density at radius 3 is 2.44 bits per heavy atom. The Balaban J connectivity index is 1.34. The molecular formula is C33H33B3N10O7S. The number of hydrogen-bond acceptors (Lipinski definition) is 14. The summed E-state index contributed by atoms with van der Waals surface area (Å²) in [7, 11) is 16.3. The molecule has 1 aliphatic heterocycles. The number of benzene rings is 1. The molecule has 5 N–H and O–H groups in total. The van der Waals surface area contributed by atoms with Gasteiger partial charge in [-0.25, -0.2) is 13.4 Å². The lowest BCUT2D eigenvalue weighted by molar-refractivity contribution is -0.117. The van der Waals surface area contributed by atoms with Crippen LogP contribution in [0, 0.1) is 5.92 Å². The molecule has 17 nitrogen and oxygen atoms in total. The Bertz CT molecular complexity index is 2290. The zero-order valence-electron chi connectivity index (χ0n) is 29.6. The normalized spacial score (nSPS) is 16.3. The predicted octanol–water partition coefficient (Wildman–Crippen LogP) is 0.439. The van der Waals surface area contributed by atoms with E-state index in [9.17, 15) is 33.0 Å². The molecule has 2 unspecified atom stereocenters. The van der Waals surface area contributed by atoms with Crippen LogP contribution in [0.2, 0.25) is 0 Å². The van der Waals surface area contributed by atoms with Crippen LogP contribution in [-0.2, 0) is 20.3 Å². The number of fused-ring (bicyclic) bond motifs is 3. The van der Waals surface area contributed by atoms with Crippen LogP contribution in [0.1, 0.15) is 65.1 Å². The fourth-order valence-corrected chi connectivity index (χ4v) is 6.64. The third-order valence-electron chi connectivity index (χ3n) is 9.09. The lowest BCUT2D eigenvalue weighted by Gasteiger charge is -2.37. The monoisotopic (exact) mass is 746 g/mol. The fraction of sp³-hybridized carbons (Fsp3) is 0.333. The summed E-state index contributed by atoms with van der Waals surface area (Å²) in [5, 5.41) is 36.9. The number of para-hydroxylation sites is 1. The topological polar surface area (TPSA) is 233 Å². The largest absolute Gasteiger partial charge is 0.390 e. The Kier molecular flexibility index (Phi) is 10.0. The van der Waals surface area contributed by atoms with Crippen LogP contribution in [-0.4, -0.2) is 115 Å². The highest BCUT2D eigenvalue weighted by atomic mass is 32.2. The zero-order chi connectivity index (χ0) is 39.3. The standard InChI is InChI=1S/C33H33B3N10O7S/c1-5-54(52,53)18-11-12-37-23(13-18)32(34,50)46(4)31(49)22-15-38-26-19-7-6-8-20(28(19)45(3)16(2)25(26)40-22)39-21-14-24(41-29(47)17-9-10-17)43-44-27(21)30(48)42-33(35,36)51/h6-8,11-17,50-51H,5,9-10H2,1-4H3,(H,42,48)(H2,39,41,43,47). The van der Waals surface area contributed by atoms with E-state index >= 15 is 0 Å². The van der Waals surface area contributed by atoms with Crippen molar-refractivity contribution >= 4 is 74.0 Å². The molecule has 2 atom stereocenters. The van der Waals surface area contributed by atoms with Gasteiger partial charge in [-0.2, -0.15) is 0 Å². The quantitative estimate of drug-likeness (QED) is 0.104. The highest BCUT2D eigenvalue weighted by molar-refractivity contribution is 7.91. The minimum atomic E-state index is -3.66. The second-order valence-corrected chi connectivity index (χ2v) is 15.3. The average molecular weight is 746 g/mol. The number of aromatic nitrogens is 5. The number of sulfone groups is 1. The molecule has 6 radical (unpaired) electrons. The highest BCUT2D eigenvalue weighted by Gasteiger charge is 2.37. The Hall–Kier alpha value is -5.40. The Morgan fingerprint density at radius 1 is 1.06 bits per heavy atom. The van der Waals surface area contributed by atoms with E-state index in [0.717, 1.165) is 23.8 Å². The summed E-state index contributed by atoms with van der Waals surface area (Å²) < 4.78 is 24.9. The van der Waals surface area contributed by atoms with E-state index in [1.807, 2.05) is 17.1 Å². The first-order chi connectivity index (χ1) is 25.3. The van der Waals surface area contributed by atoms with Crippen molar-refractivity contribution in [2.24, 2.45) is 5.92 Å². The molecule has 3 amide bonds. The second-order valence-electron chi connectivity index (χ2n) is 13.0. The number of carbonyl (C=O) groups excluding carboxylic acids is 3. The lowest BCUT2D eigenvalue weighted by Crippen LogP contribution is -2.49. The molecule has 0 bridgehead atoms. The molecule has 1 aliphatic carbocycles.